The van der Waals surface area contributed by atoms with E-state index < -0.39 is 0 Å². The zero-order valence-electron chi connectivity index (χ0n) is 13.4. The summed E-state index contributed by atoms with van der Waals surface area (Å²) >= 11 is 0. The summed E-state index contributed by atoms with van der Waals surface area (Å²) in [6.45, 7) is 7.01. The van der Waals surface area contributed by atoms with Gasteiger partial charge in [-0.25, -0.2) is 0 Å². The number of hydrogen-bond donors (Lipinski definition) is 2. The fourth-order valence-corrected chi connectivity index (χ4v) is 2.20. The number of pyridine rings is 1. The van der Waals surface area contributed by atoms with Crippen molar-refractivity contribution >= 4 is 5.91 Å². The van der Waals surface area contributed by atoms with Crippen LogP contribution in [0.2, 0.25) is 0 Å². The molecule has 1 amide bonds. The first kappa shape index (κ1) is 16.2. The Morgan fingerprint density at radius 2 is 2.05 bits per heavy atom. The fourth-order valence-electron chi connectivity index (χ4n) is 2.20. The van der Waals surface area contributed by atoms with Crippen LogP contribution in [0.1, 0.15) is 30.5 Å². The summed E-state index contributed by atoms with van der Waals surface area (Å²) in [6, 6.07) is 12.1. The first-order valence-corrected chi connectivity index (χ1v) is 7.45. The van der Waals surface area contributed by atoms with Gasteiger partial charge in [0.2, 0.25) is 5.91 Å². The Hall–Kier alpha value is -2.20. The number of aromatic nitrogens is 1. The summed E-state index contributed by atoms with van der Waals surface area (Å²) in [5, 5.41) is 6.20. The number of carbonyl (C=O) groups excluding carboxylic acids is 1. The molecular weight excluding hydrogens is 274 g/mol. The third-order valence-electron chi connectivity index (χ3n) is 3.64. The van der Waals surface area contributed by atoms with Crippen molar-refractivity contribution in [2.75, 3.05) is 6.54 Å². The number of aryl methyl sites for hydroxylation is 1. The maximum atomic E-state index is 12.0. The molecule has 2 rings (SSSR count). The number of rotatable bonds is 6. The van der Waals surface area contributed by atoms with Gasteiger partial charge >= 0.3 is 0 Å². The van der Waals surface area contributed by atoms with Crippen molar-refractivity contribution in [3.8, 4) is 0 Å². The molecule has 0 atom stereocenters. The quantitative estimate of drug-likeness (QED) is 0.861. The molecule has 2 N–H and O–H groups in total. The van der Waals surface area contributed by atoms with Gasteiger partial charge in [-0.3, -0.25) is 15.1 Å². The molecule has 1 aromatic carbocycles. The zero-order valence-corrected chi connectivity index (χ0v) is 13.4. The van der Waals surface area contributed by atoms with Gasteiger partial charge in [0.15, 0.2) is 0 Å². The summed E-state index contributed by atoms with van der Waals surface area (Å²) in [5.74, 6) is -0.0235. The average Bonchev–Trinajstić information content (AvgIpc) is 2.52. The van der Waals surface area contributed by atoms with Crippen molar-refractivity contribution in [1.29, 1.82) is 0 Å². The van der Waals surface area contributed by atoms with Gasteiger partial charge in [-0.15, -0.1) is 0 Å². The molecule has 0 unspecified atom stereocenters. The van der Waals surface area contributed by atoms with E-state index in [0.717, 1.165) is 5.56 Å². The van der Waals surface area contributed by atoms with Crippen molar-refractivity contribution in [3.05, 3.63) is 65.5 Å². The minimum Gasteiger partial charge on any atom is -0.351 e. The Balaban J connectivity index is 1.85. The monoisotopic (exact) mass is 297 g/mol. The molecule has 116 valence electrons. The van der Waals surface area contributed by atoms with Crippen LogP contribution < -0.4 is 10.6 Å². The highest BCUT2D eigenvalue weighted by Crippen LogP contribution is 2.20. The maximum absolute atomic E-state index is 12.0. The molecule has 0 bridgehead atoms. The second-order valence-corrected chi connectivity index (χ2v) is 5.99. The van der Waals surface area contributed by atoms with Crippen LogP contribution in [0.25, 0.3) is 0 Å². The van der Waals surface area contributed by atoms with Crippen LogP contribution in [0.15, 0.2) is 48.8 Å². The smallest absolute Gasteiger partial charge is 0.234 e. The Morgan fingerprint density at radius 1 is 1.23 bits per heavy atom. The van der Waals surface area contributed by atoms with Gasteiger partial charge in [-0.05, 0) is 38.0 Å². The van der Waals surface area contributed by atoms with Gasteiger partial charge < -0.3 is 5.32 Å². The molecule has 1 aromatic heterocycles. The highest BCUT2D eigenvalue weighted by molar-refractivity contribution is 5.78. The first-order chi connectivity index (χ1) is 10.5. The minimum absolute atomic E-state index is 0.0235. The van der Waals surface area contributed by atoms with Crippen LogP contribution in [0.3, 0.4) is 0 Å². The number of carbonyl (C=O) groups is 1. The second kappa shape index (κ2) is 7.18. The molecule has 2 aromatic rings. The van der Waals surface area contributed by atoms with Gasteiger partial charge in [-0.2, -0.15) is 0 Å². The Bertz CT molecular complexity index is 623. The van der Waals surface area contributed by atoms with Crippen LogP contribution in [0.4, 0.5) is 0 Å². The van der Waals surface area contributed by atoms with E-state index in [9.17, 15) is 4.79 Å². The van der Waals surface area contributed by atoms with Gasteiger partial charge in [0.25, 0.3) is 0 Å². The molecule has 4 heteroatoms. The number of nitrogens with one attached hydrogen (secondary N) is 2. The number of benzene rings is 1. The lowest BCUT2D eigenvalue weighted by atomic mass is 9.93. The molecule has 0 aliphatic rings. The van der Waals surface area contributed by atoms with Crippen molar-refractivity contribution < 1.29 is 4.79 Å². The highest BCUT2D eigenvalue weighted by atomic mass is 16.1. The molecule has 0 radical (unpaired) electrons. The van der Waals surface area contributed by atoms with E-state index in [1.165, 1.54) is 11.1 Å². The van der Waals surface area contributed by atoms with Gasteiger partial charge in [0.1, 0.15) is 0 Å². The van der Waals surface area contributed by atoms with Crippen LogP contribution in [-0.4, -0.2) is 17.4 Å². The molecule has 1 heterocycles. The molecule has 0 aliphatic heterocycles. The van der Waals surface area contributed by atoms with Gasteiger partial charge in [0, 0.05) is 24.5 Å². The SMILES string of the molecule is Cc1cccc(C(C)(C)NCC(=O)NCc2cccnc2)c1. The normalized spacial score (nSPS) is 11.2. The predicted octanol–water partition coefficient (Wildman–Crippen LogP) is 2.53. The second-order valence-electron chi connectivity index (χ2n) is 5.99. The van der Waals surface area contributed by atoms with Gasteiger partial charge in [0.05, 0.1) is 6.54 Å². The fraction of sp³-hybridized carbons (Fsp3) is 0.333. The van der Waals surface area contributed by atoms with Gasteiger partial charge in [-0.1, -0.05) is 35.9 Å². The summed E-state index contributed by atoms with van der Waals surface area (Å²) < 4.78 is 0. The van der Waals surface area contributed by atoms with E-state index in [1.54, 1.807) is 12.4 Å². The van der Waals surface area contributed by atoms with E-state index in [2.05, 4.69) is 54.6 Å². The van der Waals surface area contributed by atoms with Crippen molar-refractivity contribution in [2.45, 2.75) is 32.9 Å². The minimum atomic E-state index is -0.252. The summed E-state index contributed by atoms with van der Waals surface area (Å²) in [5.41, 5.74) is 3.13. The average molecular weight is 297 g/mol. The van der Waals surface area contributed by atoms with Crippen molar-refractivity contribution in [1.82, 2.24) is 15.6 Å². The maximum Gasteiger partial charge on any atom is 0.234 e. The summed E-state index contributed by atoms with van der Waals surface area (Å²) in [7, 11) is 0. The first-order valence-electron chi connectivity index (χ1n) is 7.45. The Morgan fingerprint density at radius 3 is 2.73 bits per heavy atom. The molecule has 0 fully saturated rings. The third kappa shape index (κ3) is 4.67. The van der Waals surface area contributed by atoms with E-state index >= 15 is 0 Å². The number of nitrogens with zero attached hydrogens (tertiary/aromatic N) is 1. The highest BCUT2D eigenvalue weighted by Gasteiger charge is 2.20. The van der Waals surface area contributed by atoms with Crippen LogP contribution in [-0.2, 0) is 16.9 Å². The molecule has 0 spiro atoms. The Kier molecular flexibility index (Phi) is 5.28. The molecule has 4 nitrogen and oxygen atoms in total. The van der Waals surface area contributed by atoms with Crippen LogP contribution >= 0.6 is 0 Å². The van der Waals surface area contributed by atoms with Crippen LogP contribution in [0, 0.1) is 6.92 Å². The topological polar surface area (TPSA) is 54.0 Å². The summed E-state index contributed by atoms with van der Waals surface area (Å²) in [6.07, 6.45) is 3.47. The summed E-state index contributed by atoms with van der Waals surface area (Å²) in [4.78, 5) is 16.0. The van der Waals surface area contributed by atoms with E-state index in [1.807, 2.05) is 18.2 Å². The molecule has 0 saturated heterocycles. The standard InChI is InChI=1S/C18H23N3O/c1-14-6-4-8-16(10-14)18(2,3)21-13-17(22)20-12-15-7-5-9-19-11-15/h4-11,21H,12-13H2,1-3H3,(H,20,22). The predicted molar refractivity (Wildman–Crippen MR) is 88.3 cm³/mol. The van der Waals surface area contributed by atoms with Crippen LogP contribution in [0.5, 0.6) is 0 Å². The molecule has 0 aliphatic carbocycles. The van der Waals surface area contributed by atoms with E-state index in [0.29, 0.717) is 6.54 Å². The Labute approximate surface area is 132 Å². The third-order valence-corrected chi connectivity index (χ3v) is 3.64. The molecular formula is C18H23N3O. The largest absolute Gasteiger partial charge is 0.351 e. The van der Waals surface area contributed by atoms with Crippen molar-refractivity contribution in [3.63, 3.8) is 0 Å². The number of hydrogen-bond acceptors (Lipinski definition) is 3. The zero-order chi connectivity index (χ0) is 16.0. The lowest BCUT2D eigenvalue weighted by Crippen LogP contribution is -2.43. The molecule has 22 heavy (non-hydrogen) atoms. The number of amides is 1. The van der Waals surface area contributed by atoms with E-state index in [4.69, 9.17) is 0 Å². The lowest BCUT2D eigenvalue weighted by molar-refractivity contribution is -0.120. The van der Waals surface area contributed by atoms with Crippen molar-refractivity contribution in [2.24, 2.45) is 0 Å². The lowest BCUT2D eigenvalue weighted by Gasteiger charge is -2.27. The van der Waals surface area contributed by atoms with E-state index in [-0.39, 0.29) is 18.0 Å². The molecule has 0 saturated carbocycles.